The summed E-state index contributed by atoms with van der Waals surface area (Å²) in [5, 5.41) is 22.2. The lowest BCUT2D eigenvalue weighted by atomic mass is 9.96. The van der Waals surface area contributed by atoms with Gasteiger partial charge >= 0.3 is 0 Å². The van der Waals surface area contributed by atoms with Crippen LogP contribution in [0.4, 0.5) is 0 Å². The minimum Gasteiger partial charge on any atom is -0.507 e. The Morgan fingerprint density at radius 3 is 2.68 bits per heavy atom. The van der Waals surface area contributed by atoms with Gasteiger partial charge in [-0.15, -0.1) is 11.3 Å². The van der Waals surface area contributed by atoms with Gasteiger partial charge in [-0.05, 0) is 43.8 Å². The molecule has 28 heavy (non-hydrogen) atoms. The van der Waals surface area contributed by atoms with Gasteiger partial charge in [-0.3, -0.25) is 4.90 Å². The first kappa shape index (κ1) is 18.9. The Balaban J connectivity index is 1.73. The Labute approximate surface area is 168 Å². The Morgan fingerprint density at radius 2 is 1.96 bits per heavy atom. The van der Waals surface area contributed by atoms with Crippen LogP contribution in [0.3, 0.4) is 0 Å². The smallest absolute Gasteiger partial charge is 0.140 e. The number of aliphatic hydroxyl groups excluding tert-OH is 1. The van der Waals surface area contributed by atoms with Crippen LogP contribution in [-0.2, 0) is 6.54 Å². The number of phenols is 1. The van der Waals surface area contributed by atoms with E-state index in [0.717, 1.165) is 33.9 Å². The molecular formula is C22H24N2O3S. The fourth-order valence-electron chi connectivity index (χ4n) is 3.55. The zero-order chi connectivity index (χ0) is 19.8. The van der Waals surface area contributed by atoms with Crippen LogP contribution in [-0.4, -0.2) is 33.2 Å². The van der Waals surface area contributed by atoms with Crippen molar-refractivity contribution >= 4 is 27.1 Å². The normalized spacial score (nSPS) is 16.2. The highest BCUT2D eigenvalue weighted by molar-refractivity contribution is 7.19. The zero-order valence-electron chi connectivity index (χ0n) is 16.3. The van der Waals surface area contributed by atoms with E-state index in [1.807, 2.05) is 25.1 Å². The van der Waals surface area contributed by atoms with Gasteiger partial charge in [-0.1, -0.05) is 26.0 Å². The molecule has 1 atom stereocenters. The van der Waals surface area contributed by atoms with E-state index in [4.69, 9.17) is 9.72 Å². The monoisotopic (exact) mass is 396 g/mol. The number of fused-ring (bicyclic) bond motifs is 2. The van der Waals surface area contributed by atoms with Crippen molar-refractivity contribution in [3.05, 3.63) is 58.3 Å². The van der Waals surface area contributed by atoms with Gasteiger partial charge in [0, 0.05) is 12.1 Å². The number of thiazole rings is 1. The number of ether oxygens (including phenoxy) is 1. The van der Waals surface area contributed by atoms with Crippen molar-refractivity contribution in [1.29, 1.82) is 0 Å². The predicted molar refractivity (Wildman–Crippen MR) is 113 cm³/mol. The van der Waals surface area contributed by atoms with E-state index in [9.17, 15) is 10.2 Å². The molecule has 0 radical (unpaired) electrons. The molecule has 1 unspecified atom stereocenters. The molecule has 2 aromatic carbocycles. The summed E-state index contributed by atoms with van der Waals surface area (Å²) in [6.07, 6.45) is 0.728. The van der Waals surface area contributed by atoms with Gasteiger partial charge in [-0.2, -0.15) is 0 Å². The predicted octanol–water partition coefficient (Wildman–Crippen LogP) is 4.62. The minimum absolute atomic E-state index is 0.185. The molecule has 4 rings (SSSR count). The Hall–Kier alpha value is -2.41. The highest BCUT2D eigenvalue weighted by atomic mass is 32.1. The van der Waals surface area contributed by atoms with E-state index < -0.39 is 6.10 Å². The summed E-state index contributed by atoms with van der Waals surface area (Å²) in [6, 6.07) is 9.45. The van der Waals surface area contributed by atoms with Crippen LogP contribution in [0.1, 0.15) is 41.6 Å². The molecule has 2 N–H and O–H groups in total. The summed E-state index contributed by atoms with van der Waals surface area (Å²) < 4.78 is 7.03. The molecule has 5 nitrogen and oxygen atoms in total. The number of aromatic hydroxyl groups is 1. The lowest BCUT2D eigenvalue weighted by Gasteiger charge is -2.26. The summed E-state index contributed by atoms with van der Waals surface area (Å²) in [7, 11) is 0. The first-order chi connectivity index (χ1) is 13.5. The third-order valence-electron chi connectivity index (χ3n) is 5.30. The van der Waals surface area contributed by atoms with Gasteiger partial charge in [0.05, 0.1) is 21.4 Å². The van der Waals surface area contributed by atoms with Crippen LogP contribution in [0.25, 0.3) is 15.8 Å². The third-order valence-corrected chi connectivity index (χ3v) is 6.37. The average Bonchev–Trinajstić information content (AvgIpc) is 3.13. The lowest BCUT2D eigenvalue weighted by Crippen LogP contribution is -2.23. The number of hydrogen-bond acceptors (Lipinski definition) is 6. The van der Waals surface area contributed by atoms with E-state index in [2.05, 4.69) is 18.7 Å². The highest BCUT2D eigenvalue weighted by Gasteiger charge is 2.29. The van der Waals surface area contributed by atoms with E-state index in [0.29, 0.717) is 29.0 Å². The largest absolute Gasteiger partial charge is 0.507 e. The van der Waals surface area contributed by atoms with Gasteiger partial charge < -0.3 is 14.9 Å². The van der Waals surface area contributed by atoms with Crippen LogP contribution >= 0.6 is 11.3 Å². The summed E-state index contributed by atoms with van der Waals surface area (Å²) in [4.78, 5) is 6.92. The molecule has 2 heterocycles. The molecular weight excluding hydrogens is 372 g/mol. The quantitative estimate of drug-likeness (QED) is 0.659. The number of aliphatic hydroxyl groups is 1. The molecule has 146 valence electrons. The summed E-state index contributed by atoms with van der Waals surface area (Å²) >= 11 is 1.54. The van der Waals surface area contributed by atoms with E-state index in [1.165, 1.54) is 0 Å². The molecule has 0 saturated heterocycles. The van der Waals surface area contributed by atoms with Crippen molar-refractivity contribution in [1.82, 2.24) is 9.88 Å². The van der Waals surface area contributed by atoms with E-state index >= 15 is 0 Å². The number of rotatable bonds is 5. The Bertz CT molecular complexity index is 1050. The van der Waals surface area contributed by atoms with Crippen molar-refractivity contribution in [2.24, 2.45) is 0 Å². The van der Waals surface area contributed by atoms with Gasteiger partial charge in [0.15, 0.2) is 0 Å². The second-order valence-electron chi connectivity index (χ2n) is 6.98. The fourth-order valence-corrected chi connectivity index (χ4v) is 4.62. The van der Waals surface area contributed by atoms with Crippen molar-refractivity contribution in [2.45, 2.75) is 33.4 Å². The molecule has 0 spiro atoms. The lowest BCUT2D eigenvalue weighted by molar-refractivity contribution is 0.221. The molecule has 0 amide bonds. The number of aryl methyl sites for hydroxylation is 1. The maximum absolute atomic E-state index is 11.1. The van der Waals surface area contributed by atoms with Gasteiger partial charge in [0.2, 0.25) is 0 Å². The maximum atomic E-state index is 11.1. The number of phenolic OH excluding ortho intramolecular Hbond substituents is 1. The van der Waals surface area contributed by atoms with Gasteiger partial charge in [-0.25, -0.2) is 4.98 Å². The number of aromatic nitrogens is 1. The van der Waals surface area contributed by atoms with Crippen molar-refractivity contribution in [2.75, 3.05) is 13.1 Å². The number of para-hydroxylation sites is 1. The fraction of sp³-hybridized carbons (Fsp3) is 0.318. The van der Waals surface area contributed by atoms with Crippen molar-refractivity contribution in [3.63, 3.8) is 0 Å². The molecule has 0 bridgehead atoms. The van der Waals surface area contributed by atoms with Crippen LogP contribution in [0.2, 0.25) is 0 Å². The molecule has 0 saturated carbocycles. The molecule has 0 aliphatic carbocycles. The van der Waals surface area contributed by atoms with Gasteiger partial charge in [0.1, 0.15) is 28.9 Å². The molecule has 1 aliphatic heterocycles. The maximum Gasteiger partial charge on any atom is 0.140 e. The minimum atomic E-state index is -0.847. The summed E-state index contributed by atoms with van der Waals surface area (Å²) in [6.45, 7) is 8.50. The average molecular weight is 397 g/mol. The standard InChI is InChI=1S/C22H24N2O3S/c1-4-24(5-2)11-15-17(25)10-9-14-20(26)16(12-27-21(14)15)22-23-19-13(3)7-6-8-18(19)28-22/h6-10,12,20,25-26H,4-5,11H2,1-3H3. The highest BCUT2D eigenvalue weighted by Crippen LogP contribution is 2.45. The SMILES string of the molecule is CCN(CC)Cc1c(O)ccc2c1OC=C(c1nc3c(C)cccc3s1)C2O. The Kier molecular flexibility index (Phi) is 5.10. The molecule has 6 heteroatoms. The van der Waals surface area contributed by atoms with Crippen molar-refractivity contribution < 1.29 is 14.9 Å². The first-order valence-corrected chi connectivity index (χ1v) is 10.3. The third kappa shape index (κ3) is 3.17. The molecule has 0 fully saturated rings. The van der Waals surface area contributed by atoms with E-state index in [-0.39, 0.29) is 5.75 Å². The van der Waals surface area contributed by atoms with Crippen LogP contribution < -0.4 is 4.74 Å². The second-order valence-corrected chi connectivity index (χ2v) is 8.01. The van der Waals surface area contributed by atoms with Gasteiger partial charge in [0.25, 0.3) is 0 Å². The van der Waals surface area contributed by atoms with E-state index in [1.54, 1.807) is 29.7 Å². The number of hydrogen-bond donors (Lipinski definition) is 2. The molecule has 3 aromatic rings. The van der Waals surface area contributed by atoms with Crippen LogP contribution in [0.15, 0.2) is 36.6 Å². The zero-order valence-corrected chi connectivity index (χ0v) is 17.1. The summed E-state index contributed by atoms with van der Waals surface area (Å²) in [5.74, 6) is 0.728. The van der Waals surface area contributed by atoms with Crippen LogP contribution in [0, 0.1) is 6.92 Å². The van der Waals surface area contributed by atoms with Crippen molar-refractivity contribution in [3.8, 4) is 11.5 Å². The molecule has 1 aromatic heterocycles. The topological polar surface area (TPSA) is 65.8 Å². The molecule has 1 aliphatic rings. The summed E-state index contributed by atoms with van der Waals surface area (Å²) in [5.41, 5.74) is 4.07. The number of nitrogens with zero attached hydrogens (tertiary/aromatic N) is 2. The first-order valence-electron chi connectivity index (χ1n) is 9.51. The van der Waals surface area contributed by atoms with Crippen LogP contribution in [0.5, 0.6) is 11.5 Å². The second kappa shape index (κ2) is 7.54. The number of benzene rings is 2. The Morgan fingerprint density at radius 1 is 1.18 bits per heavy atom.